The molecule has 1 fully saturated rings. The van der Waals surface area contributed by atoms with Crippen LogP contribution >= 0.6 is 0 Å². The summed E-state index contributed by atoms with van der Waals surface area (Å²) in [6, 6.07) is 0. The highest BCUT2D eigenvalue weighted by molar-refractivity contribution is 5.34. The van der Waals surface area contributed by atoms with Crippen molar-refractivity contribution in [1.29, 1.82) is 0 Å². The fourth-order valence-corrected chi connectivity index (χ4v) is 3.21. The average molecular weight is 236 g/mol. The van der Waals surface area contributed by atoms with Gasteiger partial charge in [0.25, 0.3) is 0 Å². The minimum atomic E-state index is -0.844. The Hall–Kier alpha value is -0.640. The van der Waals surface area contributed by atoms with E-state index < -0.39 is 11.4 Å². The molecule has 17 heavy (non-hydrogen) atoms. The SMILES string of the molecule is OC1(C2=CCCCC23OCCO3)C=CCCC1. The Kier molecular flexibility index (Phi) is 2.85. The average Bonchev–Trinajstić information content (AvgIpc) is 2.79. The first-order valence-electron chi connectivity index (χ1n) is 6.64. The Morgan fingerprint density at radius 3 is 2.53 bits per heavy atom. The summed E-state index contributed by atoms with van der Waals surface area (Å²) in [5, 5.41) is 10.8. The second-order valence-corrected chi connectivity index (χ2v) is 5.18. The number of ether oxygens (including phenoxy) is 2. The van der Waals surface area contributed by atoms with Crippen molar-refractivity contribution >= 4 is 0 Å². The van der Waals surface area contributed by atoms with Gasteiger partial charge in [0.2, 0.25) is 0 Å². The summed E-state index contributed by atoms with van der Waals surface area (Å²) in [7, 11) is 0. The molecule has 0 radical (unpaired) electrons. The molecule has 0 aromatic carbocycles. The van der Waals surface area contributed by atoms with Crippen LogP contribution in [-0.2, 0) is 9.47 Å². The lowest BCUT2D eigenvalue weighted by atomic mass is 9.76. The molecule has 1 N–H and O–H groups in total. The Labute approximate surface area is 102 Å². The van der Waals surface area contributed by atoms with Crippen molar-refractivity contribution in [1.82, 2.24) is 0 Å². The third-order valence-corrected chi connectivity index (χ3v) is 4.01. The first-order valence-corrected chi connectivity index (χ1v) is 6.64. The Bertz CT molecular complexity index is 352. The number of aliphatic hydroxyl groups is 1. The van der Waals surface area contributed by atoms with Crippen molar-refractivity contribution in [2.75, 3.05) is 13.2 Å². The van der Waals surface area contributed by atoms with Gasteiger partial charge in [0.05, 0.1) is 13.2 Å². The second kappa shape index (κ2) is 4.23. The molecule has 3 nitrogen and oxygen atoms in total. The van der Waals surface area contributed by atoms with Gasteiger partial charge in [-0.15, -0.1) is 0 Å². The smallest absolute Gasteiger partial charge is 0.194 e. The molecular weight excluding hydrogens is 216 g/mol. The summed E-state index contributed by atoms with van der Waals surface area (Å²) in [5.74, 6) is -0.630. The molecule has 1 saturated heterocycles. The van der Waals surface area contributed by atoms with E-state index in [-0.39, 0.29) is 0 Å². The van der Waals surface area contributed by atoms with Crippen LogP contribution in [0, 0.1) is 0 Å². The van der Waals surface area contributed by atoms with Crippen molar-refractivity contribution < 1.29 is 14.6 Å². The Morgan fingerprint density at radius 1 is 1.06 bits per heavy atom. The van der Waals surface area contributed by atoms with E-state index in [1.165, 1.54) is 0 Å². The van der Waals surface area contributed by atoms with Gasteiger partial charge in [0.1, 0.15) is 5.60 Å². The molecule has 1 unspecified atom stereocenters. The largest absolute Gasteiger partial charge is 0.381 e. The highest BCUT2D eigenvalue weighted by atomic mass is 16.7. The molecule has 1 heterocycles. The van der Waals surface area contributed by atoms with Gasteiger partial charge in [-0.3, -0.25) is 0 Å². The van der Waals surface area contributed by atoms with Crippen molar-refractivity contribution in [3.8, 4) is 0 Å². The molecule has 0 saturated carbocycles. The van der Waals surface area contributed by atoms with Crippen LogP contribution in [0.15, 0.2) is 23.8 Å². The molecule has 3 rings (SSSR count). The molecule has 1 spiro atoms. The van der Waals surface area contributed by atoms with Gasteiger partial charge in [-0.2, -0.15) is 0 Å². The van der Waals surface area contributed by atoms with Gasteiger partial charge in [-0.1, -0.05) is 18.2 Å². The molecule has 0 aromatic heterocycles. The first-order chi connectivity index (χ1) is 8.25. The number of hydrogen-bond donors (Lipinski definition) is 1. The first kappa shape index (κ1) is 11.5. The van der Waals surface area contributed by atoms with E-state index in [9.17, 15) is 5.11 Å². The number of hydrogen-bond acceptors (Lipinski definition) is 3. The maximum Gasteiger partial charge on any atom is 0.194 e. The zero-order valence-electron chi connectivity index (χ0n) is 10.2. The van der Waals surface area contributed by atoms with E-state index in [1.54, 1.807) is 0 Å². The monoisotopic (exact) mass is 236 g/mol. The third-order valence-electron chi connectivity index (χ3n) is 4.01. The van der Waals surface area contributed by atoms with Crippen molar-refractivity contribution in [3.05, 3.63) is 23.8 Å². The molecule has 94 valence electrons. The third kappa shape index (κ3) is 1.86. The zero-order valence-corrected chi connectivity index (χ0v) is 10.2. The molecule has 0 amide bonds. The van der Waals surface area contributed by atoms with E-state index in [4.69, 9.17) is 9.47 Å². The zero-order chi connectivity index (χ0) is 11.8. The summed E-state index contributed by atoms with van der Waals surface area (Å²) in [5.41, 5.74) is 0.105. The summed E-state index contributed by atoms with van der Waals surface area (Å²) in [6.45, 7) is 1.27. The quantitative estimate of drug-likeness (QED) is 0.710. The van der Waals surface area contributed by atoms with Crippen LogP contribution in [0.1, 0.15) is 38.5 Å². The van der Waals surface area contributed by atoms with Gasteiger partial charge in [-0.05, 0) is 32.1 Å². The standard InChI is InChI=1S/C14H20O3/c15-13(7-3-1-4-8-13)12-6-2-5-9-14(12)16-10-11-17-14/h3,6-7,15H,1-2,4-5,8-11H2. The highest BCUT2D eigenvalue weighted by Gasteiger charge is 2.49. The van der Waals surface area contributed by atoms with E-state index in [0.717, 1.165) is 44.1 Å². The Morgan fingerprint density at radius 2 is 1.82 bits per heavy atom. The fourth-order valence-electron chi connectivity index (χ4n) is 3.21. The lowest BCUT2D eigenvalue weighted by molar-refractivity contribution is -0.152. The van der Waals surface area contributed by atoms with Crippen LogP contribution in [0.5, 0.6) is 0 Å². The molecule has 0 aromatic rings. The molecule has 3 aliphatic rings. The van der Waals surface area contributed by atoms with Crippen molar-refractivity contribution in [2.24, 2.45) is 0 Å². The lowest BCUT2D eigenvalue weighted by Gasteiger charge is -2.42. The minimum absolute atomic E-state index is 0.630. The van der Waals surface area contributed by atoms with Crippen LogP contribution in [0.4, 0.5) is 0 Å². The van der Waals surface area contributed by atoms with E-state index in [0.29, 0.717) is 13.2 Å². The van der Waals surface area contributed by atoms with Gasteiger partial charge >= 0.3 is 0 Å². The van der Waals surface area contributed by atoms with Crippen LogP contribution in [0.25, 0.3) is 0 Å². The fraction of sp³-hybridized carbons (Fsp3) is 0.714. The molecular formula is C14H20O3. The highest BCUT2D eigenvalue weighted by Crippen LogP contribution is 2.45. The van der Waals surface area contributed by atoms with Crippen LogP contribution in [0.2, 0.25) is 0 Å². The second-order valence-electron chi connectivity index (χ2n) is 5.18. The summed E-state index contributed by atoms with van der Waals surface area (Å²) >= 11 is 0. The van der Waals surface area contributed by atoms with Crippen LogP contribution in [-0.4, -0.2) is 29.7 Å². The number of rotatable bonds is 1. The topological polar surface area (TPSA) is 38.7 Å². The van der Waals surface area contributed by atoms with E-state index in [1.807, 2.05) is 6.08 Å². The predicted octanol–water partition coefficient (Wildman–Crippen LogP) is 2.31. The Balaban J connectivity index is 1.96. The van der Waals surface area contributed by atoms with E-state index >= 15 is 0 Å². The maximum absolute atomic E-state index is 10.8. The summed E-state index contributed by atoms with van der Waals surface area (Å²) < 4.78 is 11.7. The maximum atomic E-state index is 10.8. The normalized spacial score (nSPS) is 36.2. The van der Waals surface area contributed by atoms with Crippen molar-refractivity contribution in [3.63, 3.8) is 0 Å². The van der Waals surface area contributed by atoms with E-state index in [2.05, 4.69) is 12.2 Å². The van der Waals surface area contributed by atoms with Crippen LogP contribution < -0.4 is 0 Å². The van der Waals surface area contributed by atoms with Crippen molar-refractivity contribution in [2.45, 2.75) is 49.9 Å². The van der Waals surface area contributed by atoms with Gasteiger partial charge in [-0.25, -0.2) is 0 Å². The van der Waals surface area contributed by atoms with Gasteiger partial charge < -0.3 is 14.6 Å². The number of allylic oxidation sites excluding steroid dienone is 2. The molecule has 2 aliphatic carbocycles. The predicted molar refractivity (Wildman–Crippen MR) is 64.5 cm³/mol. The van der Waals surface area contributed by atoms with Gasteiger partial charge in [0, 0.05) is 12.0 Å². The molecule has 3 heteroatoms. The molecule has 1 atom stereocenters. The minimum Gasteiger partial charge on any atom is -0.381 e. The van der Waals surface area contributed by atoms with Gasteiger partial charge in [0.15, 0.2) is 5.79 Å². The van der Waals surface area contributed by atoms with Crippen LogP contribution in [0.3, 0.4) is 0 Å². The summed E-state index contributed by atoms with van der Waals surface area (Å²) in [4.78, 5) is 0. The molecule has 0 bridgehead atoms. The summed E-state index contributed by atoms with van der Waals surface area (Å²) in [6.07, 6.45) is 12.0. The molecule has 1 aliphatic heterocycles. The lowest BCUT2D eigenvalue weighted by Crippen LogP contribution is -2.46.